The summed E-state index contributed by atoms with van der Waals surface area (Å²) in [6.45, 7) is 5.44. The summed E-state index contributed by atoms with van der Waals surface area (Å²) in [6.07, 6.45) is 3.96. The van der Waals surface area contributed by atoms with Crippen molar-refractivity contribution in [1.82, 2.24) is 19.4 Å². The van der Waals surface area contributed by atoms with E-state index < -0.39 is 5.82 Å². The molecule has 0 radical (unpaired) electrons. The number of rotatable bonds is 4. The summed E-state index contributed by atoms with van der Waals surface area (Å²) in [6, 6.07) is 11.8. The van der Waals surface area contributed by atoms with Gasteiger partial charge >= 0.3 is 0 Å². The lowest BCUT2D eigenvalue weighted by Crippen LogP contribution is -2.44. The van der Waals surface area contributed by atoms with Crippen LogP contribution in [0.3, 0.4) is 0 Å². The summed E-state index contributed by atoms with van der Waals surface area (Å²) >= 11 is 0. The summed E-state index contributed by atoms with van der Waals surface area (Å²) in [7, 11) is 2.11. The second kappa shape index (κ2) is 9.05. The number of benzene rings is 2. The third-order valence-corrected chi connectivity index (χ3v) is 7.27. The highest BCUT2D eigenvalue weighted by atomic mass is 19.1. The van der Waals surface area contributed by atoms with E-state index in [1.165, 1.54) is 12.1 Å². The molecule has 2 aliphatic heterocycles. The first-order chi connectivity index (χ1) is 17.5. The number of likely N-dealkylation sites (N-methyl/N-ethyl adjacent to an activating group) is 1. The number of imidazole rings is 1. The van der Waals surface area contributed by atoms with Crippen LogP contribution >= 0.6 is 0 Å². The topological polar surface area (TPSA) is 66.5 Å². The van der Waals surface area contributed by atoms with Crippen molar-refractivity contribution in [3.05, 3.63) is 60.3 Å². The summed E-state index contributed by atoms with van der Waals surface area (Å²) in [5.74, 6) is -0.489. The van der Waals surface area contributed by atoms with Crippen LogP contribution < -0.4 is 15.5 Å². The van der Waals surface area contributed by atoms with Gasteiger partial charge in [-0.15, -0.1) is 0 Å². The smallest absolute Gasteiger partial charge is 0.167 e. The molecular weight excluding hydrogens is 460 g/mol. The maximum atomic E-state index is 15.7. The first kappa shape index (κ1) is 22.7. The van der Waals surface area contributed by atoms with Crippen molar-refractivity contribution in [3.8, 4) is 17.1 Å². The molecule has 2 N–H and O–H groups in total. The molecule has 2 aromatic heterocycles. The van der Waals surface area contributed by atoms with Crippen LogP contribution in [0.5, 0.6) is 0 Å². The molecule has 6 rings (SSSR count). The molecule has 4 aromatic rings. The van der Waals surface area contributed by atoms with Gasteiger partial charge < -0.3 is 20.4 Å². The molecule has 9 heteroatoms. The van der Waals surface area contributed by atoms with E-state index in [-0.39, 0.29) is 11.5 Å². The third-order valence-electron chi connectivity index (χ3n) is 7.27. The second-order valence-electron chi connectivity index (χ2n) is 9.63. The zero-order valence-electron chi connectivity index (χ0n) is 20.3. The van der Waals surface area contributed by atoms with E-state index in [2.05, 4.69) is 26.7 Å². The average Bonchev–Trinajstić information content (AvgIpc) is 3.55. The van der Waals surface area contributed by atoms with Crippen LogP contribution in [0.25, 0.3) is 28.2 Å². The molecule has 2 saturated heterocycles. The van der Waals surface area contributed by atoms with E-state index in [1.807, 2.05) is 12.1 Å². The lowest BCUT2D eigenvalue weighted by Gasteiger charge is -2.34. The van der Waals surface area contributed by atoms with E-state index in [0.29, 0.717) is 28.2 Å². The Kier molecular flexibility index (Phi) is 5.72. The molecule has 2 aliphatic rings. The fraction of sp³-hybridized carbons (Fsp3) is 0.333. The molecule has 4 heterocycles. The Bertz CT molecular complexity index is 1420. The van der Waals surface area contributed by atoms with Gasteiger partial charge in [0.05, 0.1) is 17.1 Å². The minimum Gasteiger partial charge on any atom is -0.396 e. The highest BCUT2D eigenvalue weighted by Crippen LogP contribution is 2.35. The summed E-state index contributed by atoms with van der Waals surface area (Å²) in [5.41, 5.74) is 9.63. The first-order valence-electron chi connectivity index (χ1n) is 12.4. The van der Waals surface area contributed by atoms with Crippen LogP contribution in [-0.4, -0.2) is 65.8 Å². The Balaban J connectivity index is 1.54. The van der Waals surface area contributed by atoms with Crippen molar-refractivity contribution < 1.29 is 8.78 Å². The van der Waals surface area contributed by atoms with Crippen LogP contribution in [0.1, 0.15) is 12.8 Å². The van der Waals surface area contributed by atoms with E-state index in [4.69, 9.17) is 10.7 Å². The van der Waals surface area contributed by atoms with Crippen molar-refractivity contribution >= 4 is 28.2 Å². The van der Waals surface area contributed by atoms with Crippen molar-refractivity contribution in [1.29, 1.82) is 0 Å². The minimum atomic E-state index is -0.539. The van der Waals surface area contributed by atoms with Gasteiger partial charge in [0.15, 0.2) is 5.65 Å². The number of halogens is 2. The maximum Gasteiger partial charge on any atom is 0.167 e. The summed E-state index contributed by atoms with van der Waals surface area (Å²) < 4.78 is 31.9. The molecule has 2 aromatic carbocycles. The van der Waals surface area contributed by atoms with E-state index in [1.54, 1.807) is 29.0 Å². The predicted octanol–water partition coefficient (Wildman–Crippen LogP) is 4.30. The number of fused-ring (bicyclic) bond motifs is 1. The molecule has 36 heavy (non-hydrogen) atoms. The van der Waals surface area contributed by atoms with Crippen LogP contribution in [0.15, 0.2) is 48.7 Å². The normalized spacial score (nSPS) is 16.9. The van der Waals surface area contributed by atoms with Crippen molar-refractivity contribution in [3.63, 3.8) is 0 Å². The van der Waals surface area contributed by atoms with Crippen molar-refractivity contribution in [2.45, 2.75) is 12.8 Å². The number of nitrogens with zero attached hydrogens (tertiary/aromatic N) is 6. The van der Waals surface area contributed by atoms with Gasteiger partial charge in [-0.1, -0.05) is 0 Å². The summed E-state index contributed by atoms with van der Waals surface area (Å²) in [5, 5.41) is 0. The number of piperazine rings is 1. The standard InChI is InChI=1S/C27H29F2N7/c1-33-12-14-35(15-13-33)24-8-9-31-27-25(24)32-26(18-4-6-22(30)20(28)16-18)36(27)23-7-5-19(17-21(23)29)34-10-2-3-11-34/h4-9,16-17H,2-3,10-15,30H2,1H3. The van der Waals surface area contributed by atoms with Gasteiger partial charge in [-0.3, -0.25) is 4.57 Å². The van der Waals surface area contributed by atoms with Gasteiger partial charge in [0.25, 0.3) is 0 Å². The van der Waals surface area contributed by atoms with E-state index in [0.717, 1.165) is 63.5 Å². The minimum absolute atomic E-state index is 0.0545. The zero-order chi connectivity index (χ0) is 24.8. The second-order valence-corrected chi connectivity index (χ2v) is 9.63. The highest BCUT2D eigenvalue weighted by Gasteiger charge is 2.24. The quantitative estimate of drug-likeness (QED) is 0.431. The number of hydrogen-bond acceptors (Lipinski definition) is 6. The van der Waals surface area contributed by atoms with Gasteiger partial charge in [-0.25, -0.2) is 18.7 Å². The Morgan fingerprint density at radius 1 is 0.806 bits per heavy atom. The van der Waals surface area contributed by atoms with Gasteiger partial charge in [0.2, 0.25) is 0 Å². The monoisotopic (exact) mass is 489 g/mol. The molecule has 0 unspecified atom stereocenters. The number of nitrogens with two attached hydrogens (primary N) is 1. The Hall–Kier alpha value is -3.72. The molecule has 0 atom stereocenters. The lowest BCUT2D eigenvalue weighted by molar-refractivity contribution is 0.313. The van der Waals surface area contributed by atoms with Gasteiger partial charge in [0.1, 0.15) is 23.0 Å². The third kappa shape index (κ3) is 3.93. The molecule has 186 valence electrons. The largest absolute Gasteiger partial charge is 0.396 e. The molecular formula is C27H29F2N7. The van der Waals surface area contributed by atoms with Crippen molar-refractivity contribution in [2.24, 2.45) is 0 Å². The summed E-state index contributed by atoms with van der Waals surface area (Å²) in [4.78, 5) is 16.3. The molecule has 0 amide bonds. The van der Waals surface area contributed by atoms with Gasteiger partial charge in [-0.2, -0.15) is 0 Å². The zero-order valence-corrected chi connectivity index (χ0v) is 20.3. The Morgan fingerprint density at radius 3 is 2.31 bits per heavy atom. The van der Waals surface area contributed by atoms with Crippen LogP contribution in [-0.2, 0) is 0 Å². The van der Waals surface area contributed by atoms with Gasteiger partial charge in [0, 0.05) is 56.7 Å². The average molecular weight is 490 g/mol. The molecule has 0 saturated carbocycles. The molecule has 2 fully saturated rings. The first-order valence-corrected chi connectivity index (χ1v) is 12.4. The number of aromatic nitrogens is 3. The number of anilines is 3. The number of pyridine rings is 1. The molecule has 7 nitrogen and oxygen atoms in total. The molecule has 0 spiro atoms. The van der Waals surface area contributed by atoms with Crippen LogP contribution in [0, 0.1) is 11.6 Å². The van der Waals surface area contributed by atoms with Crippen molar-refractivity contribution in [2.75, 3.05) is 61.8 Å². The molecule has 0 aliphatic carbocycles. The van der Waals surface area contributed by atoms with E-state index >= 15 is 4.39 Å². The Labute approximate surface area is 208 Å². The van der Waals surface area contributed by atoms with Crippen LogP contribution in [0.2, 0.25) is 0 Å². The Morgan fingerprint density at radius 2 is 1.58 bits per heavy atom. The fourth-order valence-electron chi connectivity index (χ4n) is 5.20. The lowest BCUT2D eigenvalue weighted by atomic mass is 10.1. The number of nitrogen functional groups attached to an aromatic ring is 1. The van der Waals surface area contributed by atoms with Gasteiger partial charge in [-0.05, 0) is 62.4 Å². The highest BCUT2D eigenvalue weighted by molar-refractivity contribution is 5.91. The SMILES string of the molecule is CN1CCN(c2ccnc3c2nc(-c2ccc(N)c(F)c2)n3-c2ccc(N3CCCC3)cc2F)CC1. The maximum absolute atomic E-state index is 15.7. The predicted molar refractivity (Wildman–Crippen MR) is 140 cm³/mol. The number of hydrogen-bond donors (Lipinski definition) is 1. The fourth-order valence-corrected chi connectivity index (χ4v) is 5.20. The molecule has 0 bridgehead atoms. The van der Waals surface area contributed by atoms with Crippen LogP contribution in [0.4, 0.5) is 25.8 Å². The van der Waals surface area contributed by atoms with E-state index in [9.17, 15) is 4.39 Å².